The molecule has 2 rings (SSSR count). The van der Waals surface area contributed by atoms with Crippen LogP contribution < -0.4 is 0 Å². The predicted octanol–water partition coefficient (Wildman–Crippen LogP) is 2.67. The number of aliphatic hydroxyl groups is 1. The summed E-state index contributed by atoms with van der Waals surface area (Å²) in [6, 6.07) is 4.99. The number of allylic oxidation sites excluding steroid dienone is 1. The zero-order valence-electron chi connectivity index (χ0n) is 8.13. The first kappa shape index (κ1) is 9.41. The van der Waals surface area contributed by atoms with E-state index < -0.39 is 0 Å². The summed E-state index contributed by atoms with van der Waals surface area (Å²) in [6.45, 7) is 1.87. The van der Waals surface area contributed by atoms with Gasteiger partial charge in [-0.3, -0.25) is 0 Å². The van der Waals surface area contributed by atoms with Crippen molar-refractivity contribution >= 4 is 5.57 Å². The van der Waals surface area contributed by atoms with Crippen LogP contribution in [0.15, 0.2) is 24.3 Å². The highest BCUT2D eigenvalue weighted by atomic mass is 19.1. The van der Waals surface area contributed by atoms with Crippen molar-refractivity contribution in [2.45, 2.75) is 25.9 Å². The SMILES string of the molecule is Cc1cc(F)cc(C2=CC(O)CC2)c1. The average molecular weight is 192 g/mol. The van der Waals surface area contributed by atoms with Crippen LogP contribution in [-0.2, 0) is 0 Å². The summed E-state index contributed by atoms with van der Waals surface area (Å²) in [4.78, 5) is 0. The molecule has 1 atom stereocenters. The number of halogens is 1. The lowest BCUT2D eigenvalue weighted by Crippen LogP contribution is -1.93. The van der Waals surface area contributed by atoms with Crippen LogP contribution in [0, 0.1) is 12.7 Å². The van der Waals surface area contributed by atoms with Gasteiger partial charge in [0.15, 0.2) is 0 Å². The standard InChI is InChI=1S/C12H13FO/c1-8-4-10(6-11(13)5-8)9-2-3-12(14)7-9/h4-7,12,14H,2-3H2,1H3. The van der Waals surface area contributed by atoms with E-state index in [0.29, 0.717) is 0 Å². The molecule has 0 saturated heterocycles. The third kappa shape index (κ3) is 1.85. The first-order chi connectivity index (χ1) is 6.65. The normalized spacial score (nSPS) is 21.1. The summed E-state index contributed by atoms with van der Waals surface area (Å²) in [5, 5.41) is 9.33. The van der Waals surface area contributed by atoms with Crippen molar-refractivity contribution < 1.29 is 9.50 Å². The van der Waals surface area contributed by atoms with Gasteiger partial charge in [0, 0.05) is 0 Å². The molecular weight excluding hydrogens is 179 g/mol. The Bertz CT molecular complexity index is 362. The molecule has 1 aliphatic rings. The summed E-state index contributed by atoms with van der Waals surface area (Å²) in [5.41, 5.74) is 2.88. The van der Waals surface area contributed by atoms with Crippen molar-refractivity contribution in [1.29, 1.82) is 0 Å². The molecule has 0 aromatic heterocycles. The smallest absolute Gasteiger partial charge is 0.124 e. The summed E-state index contributed by atoms with van der Waals surface area (Å²) in [7, 11) is 0. The van der Waals surface area contributed by atoms with Crippen LogP contribution in [0.3, 0.4) is 0 Å². The Morgan fingerprint density at radius 2 is 2.14 bits per heavy atom. The molecule has 1 aromatic carbocycles. The molecule has 0 saturated carbocycles. The van der Waals surface area contributed by atoms with Crippen molar-refractivity contribution in [1.82, 2.24) is 0 Å². The molecule has 14 heavy (non-hydrogen) atoms. The molecular formula is C12H13FO. The minimum Gasteiger partial charge on any atom is -0.389 e. The Morgan fingerprint density at radius 1 is 1.36 bits per heavy atom. The maximum atomic E-state index is 13.1. The van der Waals surface area contributed by atoms with E-state index in [9.17, 15) is 9.50 Å². The molecule has 1 nitrogen and oxygen atoms in total. The number of hydrogen-bond acceptors (Lipinski definition) is 1. The highest BCUT2D eigenvalue weighted by Crippen LogP contribution is 2.28. The lowest BCUT2D eigenvalue weighted by Gasteiger charge is -2.03. The highest BCUT2D eigenvalue weighted by molar-refractivity contribution is 5.68. The van der Waals surface area contributed by atoms with Gasteiger partial charge in [0.2, 0.25) is 0 Å². The topological polar surface area (TPSA) is 20.2 Å². The van der Waals surface area contributed by atoms with Gasteiger partial charge < -0.3 is 5.11 Å². The summed E-state index contributed by atoms with van der Waals surface area (Å²) in [6.07, 6.45) is 3.05. The van der Waals surface area contributed by atoms with Crippen molar-refractivity contribution in [2.24, 2.45) is 0 Å². The Morgan fingerprint density at radius 3 is 2.71 bits per heavy atom. The van der Waals surface area contributed by atoms with Crippen molar-refractivity contribution in [3.63, 3.8) is 0 Å². The van der Waals surface area contributed by atoms with E-state index >= 15 is 0 Å². The Balaban J connectivity index is 2.37. The second-order valence-electron chi connectivity index (χ2n) is 3.82. The van der Waals surface area contributed by atoms with Crippen LogP contribution in [0.5, 0.6) is 0 Å². The number of aryl methyl sites for hydroxylation is 1. The number of hydrogen-bond donors (Lipinski definition) is 1. The zero-order valence-corrected chi connectivity index (χ0v) is 8.13. The molecule has 0 aliphatic heterocycles. The van der Waals surface area contributed by atoms with Crippen LogP contribution in [-0.4, -0.2) is 11.2 Å². The van der Waals surface area contributed by atoms with E-state index in [4.69, 9.17) is 0 Å². The second-order valence-corrected chi connectivity index (χ2v) is 3.82. The van der Waals surface area contributed by atoms with Crippen molar-refractivity contribution in [3.05, 3.63) is 41.2 Å². The van der Waals surface area contributed by atoms with E-state index in [1.165, 1.54) is 12.1 Å². The number of aliphatic hydroxyl groups excluding tert-OH is 1. The minimum atomic E-state index is -0.353. The van der Waals surface area contributed by atoms with Crippen LogP contribution >= 0.6 is 0 Å². The fourth-order valence-electron chi connectivity index (χ4n) is 1.86. The Labute approximate surface area is 82.9 Å². The maximum absolute atomic E-state index is 13.1. The van der Waals surface area contributed by atoms with Gasteiger partial charge in [0.1, 0.15) is 5.82 Å². The minimum absolute atomic E-state index is 0.206. The Kier molecular flexibility index (Phi) is 2.38. The van der Waals surface area contributed by atoms with Crippen LogP contribution in [0.4, 0.5) is 4.39 Å². The van der Waals surface area contributed by atoms with E-state index in [-0.39, 0.29) is 11.9 Å². The van der Waals surface area contributed by atoms with Crippen LogP contribution in [0.1, 0.15) is 24.0 Å². The van der Waals surface area contributed by atoms with Gasteiger partial charge in [-0.05, 0) is 48.6 Å². The molecule has 0 radical (unpaired) electrons. The molecule has 1 N–H and O–H groups in total. The fourth-order valence-corrected chi connectivity index (χ4v) is 1.86. The molecule has 0 amide bonds. The summed E-state index contributed by atoms with van der Waals surface area (Å²) < 4.78 is 13.1. The van der Waals surface area contributed by atoms with Gasteiger partial charge in [0.05, 0.1) is 6.10 Å². The maximum Gasteiger partial charge on any atom is 0.124 e. The lowest BCUT2D eigenvalue weighted by molar-refractivity contribution is 0.223. The van der Waals surface area contributed by atoms with Crippen LogP contribution in [0.2, 0.25) is 0 Å². The van der Waals surface area contributed by atoms with E-state index in [2.05, 4.69) is 0 Å². The van der Waals surface area contributed by atoms with Gasteiger partial charge in [-0.15, -0.1) is 0 Å². The first-order valence-electron chi connectivity index (χ1n) is 4.81. The summed E-state index contributed by atoms with van der Waals surface area (Å²) in [5.74, 6) is -0.206. The molecule has 1 aliphatic carbocycles. The third-order valence-corrected chi connectivity index (χ3v) is 2.52. The molecule has 74 valence electrons. The van der Waals surface area contributed by atoms with Gasteiger partial charge in [-0.1, -0.05) is 12.1 Å². The van der Waals surface area contributed by atoms with E-state index in [1.807, 2.05) is 19.1 Å². The number of benzene rings is 1. The molecule has 0 spiro atoms. The predicted molar refractivity (Wildman–Crippen MR) is 54.4 cm³/mol. The molecule has 1 aromatic rings. The van der Waals surface area contributed by atoms with Crippen molar-refractivity contribution in [2.75, 3.05) is 0 Å². The third-order valence-electron chi connectivity index (χ3n) is 2.52. The van der Waals surface area contributed by atoms with Crippen molar-refractivity contribution in [3.8, 4) is 0 Å². The average Bonchev–Trinajstić information content (AvgIpc) is 2.50. The monoisotopic (exact) mass is 192 g/mol. The largest absolute Gasteiger partial charge is 0.389 e. The molecule has 0 bridgehead atoms. The molecule has 0 heterocycles. The molecule has 1 unspecified atom stereocenters. The quantitative estimate of drug-likeness (QED) is 0.725. The fraction of sp³-hybridized carbons (Fsp3) is 0.333. The van der Waals surface area contributed by atoms with E-state index in [1.54, 1.807) is 0 Å². The van der Waals surface area contributed by atoms with Gasteiger partial charge in [-0.2, -0.15) is 0 Å². The summed E-state index contributed by atoms with van der Waals surface area (Å²) >= 11 is 0. The zero-order chi connectivity index (χ0) is 10.1. The van der Waals surface area contributed by atoms with Crippen LogP contribution in [0.25, 0.3) is 5.57 Å². The first-order valence-corrected chi connectivity index (χ1v) is 4.81. The molecule has 2 heteroatoms. The van der Waals surface area contributed by atoms with Gasteiger partial charge in [-0.25, -0.2) is 4.39 Å². The van der Waals surface area contributed by atoms with E-state index in [0.717, 1.165) is 29.5 Å². The molecule has 0 fully saturated rings. The van der Waals surface area contributed by atoms with Gasteiger partial charge >= 0.3 is 0 Å². The lowest BCUT2D eigenvalue weighted by atomic mass is 10.0. The second kappa shape index (κ2) is 3.54. The highest BCUT2D eigenvalue weighted by Gasteiger charge is 2.14. The number of rotatable bonds is 1. The van der Waals surface area contributed by atoms with Gasteiger partial charge in [0.25, 0.3) is 0 Å². The Hall–Kier alpha value is -1.15.